The Morgan fingerprint density at radius 3 is 2.53 bits per heavy atom. The Morgan fingerprint density at radius 2 is 2.06 bits per heavy atom. The molecule has 1 saturated heterocycles. The van der Waals surface area contributed by atoms with E-state index in [-0.39, 0.29) is 11.1 Å². The summed E-state index contributed by atoms with van der Waals surface area (Å²) in [6, 6.07) is 0.643. The third-order valence-electron chi connectivity index (χ3n) is 4.22. The maximum atomic E-state index is 5.57. The van der Waals surface area contributed by atoms with Crippen molar-refractivity contribution < 1.29 is 4.74 Å². The molecule has 0 amide bonds. The van der Waals surface area contributed by atoms with Crippen molar-refractivity contribution in [3.05, 3.63) is 0 Å². The van der Waals surface area contributed by atoms with Crippen molar-refractivity contribution in [3.63, 3.8) is 0 Å². The topological polar surface area (TPSA) is 24.5 Å². The standard InChI is InChI=1S/C14H30N2O/c1-7-12-9-15-14(5,8-2)11-16(12)10-13(3,4)17-6/h12,15H,7-11H2,1-6H3. The first-order valence-corrected chi connectivity index (χ1v) is 6.90. The van der Waals surface area contributed by atoms with E-state index < -0.39 is 0 Å². The summed E-state index contributed by atoms with van der Waals surface area (Å²) in [5.41, 5.74) is 0.203. The van der Waals surface area contributed by atoms with Gasteiger partial charge in [-0.2, -0.15) is 0 Å². The minimum atomic E-state index is -0.0561. The van der Waals surface area contributed by atoms with Crippen LogP contribution in [0, 0.1) is 0 Å². The summed E-state index contributed by atoms with van der Waals surface area (Å²) in [6.07, 6.45) is 2.37. The number of hydrogen-bond donors (Lipinski definition) is 1. The van der Waals surface area contributed by atoms with Gasteiger partial charge < -0.3 is 10.1 Å². The van der Waals surface area contributed by atoms with Crippen molar-refractivity contribution in [2.75, 3.05) is 26.7 Å². The molecule has 1 heterocycles. The Bertz CT molecular complexity index is 240. The van der Waals surface area contributed by atoms with Gasteiger partial charge in [0.05, 0.1) is 5.60 Å². The van der Waals surface area contributed by atoms with Crippen LogP contribution in [0.3, 0.4) is 0 Å². The Kier molecular flexibility index (Phi) is 4.99. The lowest BCUT2D eigenvalue weighted by atomic mass is 9.91. The number of hydrogen-bond acceptors (Lipinski definition) is 3. The molecule has 102 valence electrons. The van der Waals surface area contributed by atoms with Gasteiger partial charge in [0.2, 0.25) is 0 Å². The van der Waals surface area contributed by atoms with Crippen molar-refractivity contribution in [2.45, 2.75) is 64.6 Å². The minimum absolute atomic E-state index is 0.0561. The molecule has 17 heavy (non-hydrogen) atoms. The molecule has 3 nitrogen and oxygen atoms in total. The van der Waals surface area contributed by atoms with Gasteiger partial charge in [-0.05, 0) is 33.6 Å². The second kappa shape index (κ2) is 5.68. The first kappa shape index (κ1) is 14.9. The molecule has 0 aliphatic carbocycles. The summed E-state index contributed by atoms with van der Waals surface area (Å²) >= 11 is 0. The highest BCUT2D eigenvalue weighted by Gasteiger charge is 2.36. The summed E-state index contributed by atoms with van der Waals surface area (Å²) in [5.74, 6) is 0. The zero-order valence-corrected chi connectivity index (χ0v) is 12.5. The zero-order valence-electron chi connectivity index (χ0n) is 12.5. The summed E-state index contributed by atoms with van der Waals surface area (Å²) < 4.78 is 5.57. The SMILES string of the molecule is CCC1CNC(C)(CC)CN1CC(C)(C)OC. The van der Waals surface area contributed by atoms with Crippen LogP contribution in [0.15, 0.2) is 0 Å². The van der Waals surface area contributed by atoms with Gasteiger partial charge in [-0.3, -0.25) is 4.90 Å². The van der Waals surface area contributed by atoms with E-state index in [1.807, 2.05) is 7.11 Å². The maximum absolute atomic E-state index is 5.57. The third-order valence-corrected chi connectivity index (χ3v) is 4.22. The lowest BCUT2D eigenvalue weighted by molar-refractivity contribution is -0.0358. The van der Waals surface area contributed by atoms with Crippen LogP contribution in [-0.2, 0) is 4.74 Å². The van der Waals surface area contributed by atoms with E-state index in [0.717, 1.165) is 19.6 Å². The molecule has 0 saturated carbocycles. The molecule has 2 atom stereocenters. The lowest BCUT2D eigenvalue weighted by Crippen LogP contribution is -2.64. The largest absolute Gasteiger partial charge is 0.377 e. The predicted molar refractivity (Wildman–Crippen MR) is 73.4 cm³/mol. The monoisotopic (exact) mass is 242 g/mol. The highest BCUT2D eigenvalue weighted by atomic mass is 16.5. The Morgan fingerprint density at radius 1 is 1.41 bits per heavy atom. The number of nitrogens with zero attached hydrogens (tertiary/aromatic N) is 1. The number of ether oxygens (including phenoxy) is 1. The number of nitrogens with one attached hydrogen (secondary N) is 1. The normalized spacial score (nSPS) is 31.8. The van der Waals surface area contributed by atoms with E-state index in [9.17, 15) is 0 Å². The molecule has 1 N–H and O–H groups in total. The van der Waals surface area contributed by atoms with E-state index in [0.29, 0.717) is 6.04 Å². The molecule has 1 fully saturated rings. The summed E-state index contributed by atoms with van der Waals surface area (Å²) in [5, 5.41) is 3.70. The quantitative estimate of drug-likeness (QED) is 0.800. The van der Waals surface area contributed by atoms with E-state index >= 15 is 0 Å². The van der Waals surface area contributed by atoms with E-state index in [1.165, 1.54) is 12.8 Å². The van der Waals surface area contributed by atoms with Gasteiger partial charge in [0.25, 0.3) is 0 Å². The van der Waals surface area contributed by atoms with Crippen LogP contribution in [0.1, 0.15) is 47.5 Å². The average molecular weight is 242 g/mol. The van der Waals surface area contributed by atoms with Gasteiger partial charge in [0, 0.05) is 38.3 Å². The van der Waals surface area contributed by atoms with E-state index in [4.69, 9.17) is 4.74 Å². The molecule has 0 aromatic carbocycles. The fourth-order valence-electron chi connectivity index (χ4n) is 2.50. The van der Waals surface area contributed by atoms with Crippen molar-refractivity contribution in [1.82, 2.24) is 10.2 Å². The van der Waals surface area contributed by atoms with Gasteiger partial charge in [0.15, 0.2) is 0 Å². The van der Waals surface area contributed by atoms with Gasteiger partial charge in [-0.1, -0.05) is 13.8 Å². The van der Waals surface area contributed by atoms with Crippen LogP contribution in [-0.4, -0.2) is 48.8 Å². The van der Waals surface area contributed by atoms with Crippen LogP contribution in [0.25, 0.3) is 0 Å². The second-order valence-corrected chi connectivity index (χ2v) is 6.23. The molecule has 2 unspecified atom stereocenters. The Balaban J connectivity index is 2.70. The van der Waals surface area contributed by atoms with Crippen LogP contribution in [0.5, 0.6) is 0 Å². The van der Waals surface area contributed by atoms with Crippen LogP contribution in [0.2, 0.25) is 0 Å². The summed E-state index contributed by atoms with van der Waals surface area (Å²) in [6.45, 7) is 14.4. The molecule has 3 heteroatoms. The molecule has 0 bridgehead atoms. The van der Waals surface area contributed by atoms with Crippen molar-refractivity contribution in [1.29, 1.82) is 0 Å². The van der Waals surface area contributed by atoms with Gasteiger partial charge >= 0.3 is 0 Å². The van der Waals surface area contributed by atoms with Gasteiger partial charge in [-0.15, -0.1) is 0 Å². The predicted octanol–water partition coefficient (Wildman–Crippen LogP) is 2.26. The Labute approximate surface area is 107 Å². The molecule has 0 aromatic heterocycles. The van der Waals surface area contributed by atoms with Gasteiger partial charge in [0.1, 0.15) is 0 Å². The van der Waals surface area contributed by atoms with E-state index in [1.54, 1.807) is 0 Å². The molecular weight excluding hydrogens is 212 g/mol. The molecule has 1 rings (SSSR count). The van der Waals surface area contributed by atoms with Crippen molar-refractivity contribution >= 4 is 0 Å². The number of methoxy groups -OCH3 is 1. The fraction of sp³-hybridized carbons (Fsp3) is 1.00. The molecule has 1 aliphatic heterocycles. The Hall–Kier alpha value is -0.120. The maximum Gasteiger partial charge on any atom is 0.0749 e. The third kappa shape index (κ3) is 3.94. The average Bonchev–Trinajstić information content (AvgIpc) is 2.29. The van der Waals surface area contributed by atoms with E-state index in [2.05, 4.69) is 44.8 Å². The van der Waals surface area contributed by atoms with Crippen LogP contribution in [0.4, 0.5) is 0 Å². The highest BCUT2D eigenvalue weighted by Crippen LogP contribution is 2.23. The first-order chi connectivity index (χ1) is 7.86. The van der Waals surface area contributed by atoms with Crippen LogP contribution >= 0.6 is 0 Å². The molecule has 0 radical (unpaired) electrons. The summed E-state index contributed by atoms with van der Waals surface area (Å²) in [7, 11) is 1.81. The highest BCUT2D eigenvalue weighted by molar-refractivity contribution is 4.95. The summed E-state index contributed by atoms with van der Waals surface area (Å²) in [4.78, 5) is 2.60. The molecule has 1 aliphatic rings. The number of rotatable bonds is 5. The second-order valence-electron chi connectivity index (χ2n) is 6.23. The van der Waals surface area contributed by atoms with Crippen molar-refractivity contribution in [2.24, 2.45) is 0 Å². The molecule has 0 aromatic rings. The fourth-order valence-corrected chi connectivity index (χ4v) is 2.50. The van der Waals surface area contributed by atoms with Gasteiger partial charge in [-0.25, -0.2) is 0 Å². The smallest absolute Gasteiger partial charge is 0.0749 e. The van der Waals surface area contributed by atoms with Crippen LogP contribution < -0.4 is 5.32 Å². The number of piperazine rings is 1. The molecule has 0 spiro atoms. The first-order valence-electron chi connectivity index (χ1n) is 6.90. The minimum Gasteiger partial charge on any atom is -0.377 e. The lowest BCUT2D eigenvalue weighted by Gasteiger charge is -2.48. The zero-order chi connectivity index (χ0) is 13.1. The molecular formula is C14H30N2O. The van der Waals surface area contributed by atoms with Crippen molar-refractivity contribution in [3.8, 4) is 0 Å².